The zero-order valence-electron chi connectivity index (χ0n) is 9.04. The van der Waals surface area contributed by atoms with Crippen molar-refractivity contribution in [3.8, 4) is 0 Å². The minimum absolute atomic E-state index is 0.271. The summed E-state index contributed by atoms with van der Waals surface area (Å²) in [4.78, 5) is 0. The van der Waals surface area contributed by atoms with Gasteiger partial charge in [-0.1, -0.05) is 23.7 Å². The van der Waals surface area contributed by atoms with E-state index in [0.29, 0.717) is 6.04 Å². The summed E-state index contributed by atoms with van der Waals surface area (Å²) >= 11 is 5.79. The summed E-state index contributed by atoms with van der Waals surface area (Å²) in [7, 11) is 0. The molecule has 0 saturated heterocycles. The fraction of sp³-hybridized carbons (Fsp3) is 0.500. The summed E-state index contributed by atoms with van der Waals surface area (Å²) < 4.78 is 0. The summed E-state index contributed by atoms with van der Waals surface area (Å²) in [5, 5.41) is 12.9. The van der Waals surface area contributed by atoms with Crippen molar-refractivity contribution in [1.82, 2.24) is 5.32 Å². The van der Waals surface area contributed by atoms with E-state index in [2.05, 4.69) is 12.2 Å². The van der Waals surface area contributed by atoms with Crippen molar-refractivity contribution < 1.29 is 5.11 Å². The highest BCUT2D eigenvalue weighted by atomic mass is 35.5. The van der Waals surface area contributed by atoms with Gasteiger partial charge in [-0.05, 0) is 37.5 Å². The van der Waals surface area contributed by atoms with Gasteiger partial charge in [0.05, 0.1) is 0 Å². The van der Waals surface area contributed by atoms with Crippen LogP contribution < -0.4 is 5.32 Å². The van der Waals surface area contributed by atoms with Gasteiger partial charge in [-0.25, -0.2) is 0 Å². The van der Waals surface area contributed by atoms with Gasteiger partial charge in [-0.2, -0.15) is 0 Å². The minimum atomic E-state index is 0.271. The number of aliphatic hydroxyl groups excluding tert-OH is 1. The normalized spacial score (nSPS) is 12.7. The lowest BCUT2D eigenvalue weighted by molar-refractivity contribution is 0.276. The lowest BCUT2D eigenvalue weighted by Gasteiger charge is -2.12. The Hall–Kier alpha value is -0.570. The van der Waals surface area contributed by atoms with Gasteiger partial charge in [0.15, 0.2) is 0 Å². The van der Waals surface area contributed by atoms with Crippen LogP contribution in [0.2, 0.25) is 5.02 Å². The Morgan fingerprint density at radius 1 is 1.33 bits per heavy atom. The molecule has 1 atom stereocenters. The molecule has 1 aromatic rings. The lowest BCUT2D eigenvalue weighted by Crippen LogP contribution is -2.25. The molecule has 1 aromatic carbocycles. The van der Waals surface area contributed by atoms with Crippen molar-refractivity contribution in [2.45, 2.75) is 32.4 Å². The number of benzene rings is 1. The number of nitrogens with one attached hydrogen (secondary N) is 1. The Morgan fingerprint density at radius 2 is 2.00 bits per heavy atom. The summed E-state index contributed by atoms with van der Waals surface area (Å²) in [5.74, 6) is 0. The van der Waals surface area contributed by atoms with E-state index in [4.69, 9.17) is 16.7 Å². The number of aliphatic hydroxyl groups is 1. The highest BCUT2D eigenvalue weighted by Crippen LogP contribution is 2.09. The van der Waals surface area contributed by atoms with Crippen molar-refractivity contribution in [3.63, 3.8) is 0 Å². The molecule has 1 rings (SSSR count). The van der Waals surface area contributed by atoms with Crippen molar-refractivity contribution in [3.05, 3.63) is 34.9 Å². The smallest absolute Gasteiger partial charge is 0.0431 e. The first-order chi connectivity index (χ1) is 7.22. The van der Waals surface area contributed by atoms with Crippen LogP contribution in [0.15, 0.2) is 24.3 Å². The molecule has 0 aromatic heterocycles. The zero-order chi connectivity index (χ0) is 11.1. The minimum Gasteiger partial charge on any atom is -0.396 e. The van der Waals surface area contributed by atoms with Gasteiger partial charge >= 0.3 is 0 Å². The second-order valence-electron chi connectivity index (χ2n) is 3.77. The second-order valence-corrected chi connectivity index (χ2v) is 4.21. The first-order valence-electron chi connectivity index (χ1n) is 5.31. The van der Waals surface area contributed by atoms with Crippen LogP contribution in [-0.4, -0.2) is 17.8 Å². The van der Waals surface area contributed by atoms with Crippen LogP contribution in [0.3, 0.4) is 0 Å². The van der Waals surface area contributed by atoms with Gasteiger partial charge < -0.3 is 10.4 Å². The molecule has 0 aliphatic rings. The van der Waals surface area contributed by atoms with Crippen molar-refractivity contribution in [1.29, 1.82) is 0 Å². The standard InChI is InChI=1S/C12H18ClNO/c1-10(3-2-8-15)14-9-11-4-6-12(13)7-5-11/h4-7,10,14-15H,2-3,8-9H2,1H3/t10-/m1/s1. The van der Waals surface area contributed by atoms with E-state index in [1.165, 1.54) is 5.56 Å². The fourth-order valence-corrected chi connectivity index (χ4v) is 1.52. The lowest BCUT2D eigenvalue weighted by atomic mass is 10.1. The molecule has 84 valence electrons. The van der Waals surface area contributed by atoms with Gasteiger partial charge in [0, 0.05) is 24.2 Å². The molecule has 0 radical (unpaired) electrons. The Labute approximate surface area is 96.3 Å². The van der Waals surface area contributed by atoms with E-state index >= 15 is 0 Å². The Balaban J connectivity index is 2.27. The maximum absolute atomic E-state index is 8.69. The average Bonchev–Trinajstić information content (AvgIpc) is 2.25. The first kappa shape index (κ1) is 12.5. The molecule has 0 aliphatic carbocycles. The third-order valence-corrected chi connectivity index (χ3v) is 2.62. The van der Waals surface area contributed by atoms with Crippen LogP contribution in [-0.2, 0) is 6.54 Å². The highest BCUT2D eigenvalue weighted by molar-refractivity contribution is 6.30. The molecule has 0 saturated carbocycles. The molecular formula is C12H18ClNO. The Bertz CT molecular complexity index is 273. The van der Waals surface area contributed by atoms with Crippen LogP contribution >= 0.6 is 11.6 Å². The SMILES string of the molecule is C[C@H](CCCO)NCc1ccc(Cl)cc1. The number of hydrogen-bond acceptors (Lipinski definition) is 2. The third kappa shape index (κ3) is 5.17. The summed E-state index contributed by atoms with van der Waals surface area (Å²) in [6, 6.07) is 8.28. The molecule has 0 spiro atoms. The molecule has 15 heavy (non-hydrogen) atoms. The van der Waals surface area contributed by atoms with E-state index in [9.17, 15) is 0 Å². The van der Waals surface area contributed by atoms with E-state index < -0.39 is 0 Å². The van der Waals surface area contributed by atoms with Gasteiger partial charge in [0.2, 0.25) is 0 Å². The molecule has 2 nitrogen and oxygen atoms in total. The summed E-state index contributed by atoms with van der Waals surface area (Å²) in [6.07, 6.45) is 1.86. The van der Waals surface area contributed by atoms with Crippen LogP contribution in [0, 0.1) is 0 Å². The molecule has 0 bridgehead atoms. The van der Waals surface area contributed by atoms with Gasteiger partial charge in [0.25, 0.3) is 0 Å². The highest BCUT2D eigenvalue weighted by Gasteiger charge is 2.00. The monoisotopic (exact) mass is 227 g/mol. The van der Waals surface area contributed by atoms with E-state index in [1.807, 2.05) is 24.3 Å². The second kappa shape index (κ2) is 6.83. The number of hydrogen-bond donors (Lipinski definition) is 2. The van der Waals surface area contributed by atoms with Crippen LogP contribution in [0.5, 0.6) is 0 Å². The van der Waals surface area contributed by atoms with Gasteiger partial charge in [-0.15, -0.1) is 0 Å². The molecule has 3 heteroatoms. The van der Waals surface area contributed by atoms with Crippen molar-refractivity contribution in [2.24, 2.45) is 0 Å². The molecule has 0 unspecified atom stereocenters. The molecule has 0 amide bonds. The molecular weight excluding hydrogens is 210 g/mol. The average molecular weight is 228 g/mol. The van der Waals surface area contributed by atoms with Crippen LogP contribution in [0.25, 0.3) is 0 Å². The van der Waals surface area contributed by atoms with E-state index in [-0.39, 0.29) is 6.61 Å². The van der Waals surface area contributed by atoms with E-state index in [1.54, 1.807) is 0 Å². The van der Waals surface area contributed by atoms with Gasteiger partial charge in [0.1, 0.15) is 0 Å². The van der Waals surface area contributed by atoms with Crippen LogP contribution in [0.1, 0.15) is 25.3 Å². The fourth-order valence-electron chi connectivity index (χ4n) is 1.39. The largest absolute Gasteiger partial charge is 0.396 e. The maximum Gasteiger partial charge on any atom is 0.0431 e. The predicted octanol–water partition coefficient (Wildman–Crippen LogP) is 2.59. The zero-order valence-corrected chi connectivity index (χ0v) is 9.80. The molecule has 0 fully saturated rings. The Morgan fingerprint density at radius 3 is 2.60 bits per heavy atom. The number of halogens is 1. The van der Waals surface area contributed by atoms with Crippen LogP contribution in [0.4, 0.5) is 0 Å². The summed E-state index contributed by atoms with van der Waals surface area (Å²) in [5.41, 5.74) is 1.23. The maximum atomic E-state index is 8.69. The van der Waals surface area contributed by atoms with Gasteiger partial charge in [-0.3, -0.25) is 0 Å². The first-order valence-corrected chi connectivity index (χ1v) is 5.69. The van der Waals surface area contributed by atoms with E-state index in [0.717, 1.165) is 24.4 Å². The predicted molar refractivity (Wildman–Crippen MR) is 64.1 cm³/mol. The third-order valence-electron chi connectivity index (χ3n) is 2.36. The quantitative estimate of drug-likeness (QED) is 0.783. The molecule has 2 N–H and O–H groups in total. The molecule has 0 heterocycles. The van der Waals surface area contributed by atoms with Crippen molar-refractivity contribution >= 4 is 11.6 Å². The number of rotatable bonds is 6. The molecule has 0 aliphatic heterocycles. The topological polar surface area (TPSA) is 32.3 Å². The van der Waals surface area contributed by atoms with Crippen molar-refractivity contribution in [2.75, 3.05) is 6.61 Å². The Kier molecular flexibility index (Phi) is 5.69. The summed E-state index contributed by atoms with van der Waals surface area (Å²) in [6.45, 7) is 3.25.